The van der Waals surface area contributed by atoms with E-state index in [0.29, 0.717) is 6.04 Å². The monoisotopic (exact) mass is 326 g/mol. The highest BCUT2D eigenvalue weighted by Crippen LogP contribution is 2.38. The second-order valence-corrected chi connectivity index (χ2v) is 9.49. The van der Waals surface area contributed by atoms with Crippen LogP contribution < -0.4 is 5.32 Å². The fraction of sp³-hybridized carbons (Fsp3) is 0.812. The number of hydrogen-bond donors (Lipinski definition) is 1. The predicted octanol–water partition coefficient (Wildman–Crippen LogP) is 3.58. The molecule has 0 aromatic carbocycles. The van der Waals surface area contributed by atoms with Crippen LogP contribution in [0, 0.1) is 0 Å². The van der Waals surface area contributed by atoms with Gasteiger partial charge in [0.1, 0.15) is 5.01 Å². The minimum absolute atomic E-state index is 0.167. The molecular weight excluding hydrogens is 300 g/mol. The van der Waals surface area contributed by atoms with Crippen LogP contribution in [0.1, 0.15) is 49.9 Å². The molecule has 2 aliphatic heterocycles. The van der Waals surface area contributed by atoms with Crippen molar-refractivity contribution in [1.82, 2.24) is 10.3 Å². The van der Waals surface area contributed by atoms with E-state index >= 15 is 0 Å². The smallest absolute Gasteiger partial charge is 0.107 e. The van der Waals surface area contributed by atoms with Crippen molar-refractivity contribution in [3.05, 3.63) is 16.1 Å². The molecule has 3 rings (SSSR count). The van der Waals surface area contributed by atoms with Crippen LogP contribution in [0.5, 0.6) is 0 Å². The summed E-state index contributed by atoms with van der Waals surface area (Å²) in [7, 11) is 0. The molecule has 0 saturated carbocycles. The van der Waals surface area contributed by atoms with Gasteiger partial charge in [-0.3, -0.25) is 0 Å². The number of nitrogens with zero attached hydrogens (tertiary/aromatic N) is 1. The van der Waals surface area contributed by atoms with Crippen LogP contribution in [0.25, 0.3) is 0 Å². The van der Waals surface area contributed by atoms with E-state index in [9.17, 15) is 0 Å². The van der Waals surface area contributed by atoms with Crippen LogP contribution in [-0.4, -0.2) is 34.7 Å². The highest BCUT2D eigenvalue weighted by molar-refractivity contribution is 7.99. The zero-order chi connectivity index (χ0) is 14.9. The minimum atomic E-state index is 0.167. The maximum Gasteiger partial charge on any atom is 0.107 e. The molecular formula is C16H26N2OS2. The van der Waals surface area contributed by atoms with Crippen molar-refractivity contribution >= 4 is 23.1 Å². The molecule has 5 heteroatoms. The van der Waals surface area contributed by atoms with Crippen molar-refractivity contribution in [2.45, 2.75) is 63.6 Å². The van der Waals surface area contributed by atoms with Gasteiger partial charge in [-0.15, -0.1) is 11.3 Å². The normalized spacial score (nSPS) is 30.1. The molecule has 0 aliphatic carbocycles. The fourth-order valence-corrected chi connectivity index (χ4v) is 5.34. The van der Waals surface area contributed by atoms with Gasteiger partial charge in [0.05, 0.1) is 5.60 Å². The quantitative estimate of drug-likeness (QED) is 0.920. The number of thioether (sulfide) groups is 1. The third kappa shape index (κ3) is 3.81. The lowest BCUT2D eigenvalue weighted by atomic mass is 9.90. The van der Waals surface area contributed by atoms with Gasteiger partial charge in [-0.25, -0.2) is 4.98 Å². The summed E-state index contributed by atoms with van der Waals surface area (Å²) in [6, 6.07) is 0.583. The van der Waals surface area contributed by atoms with Gasteiger partial charge in [0, 0.05) is 36.0 Å². The first-order chi connectivity index (χ1) is 9.97. The second kappa shape index (κ2) is 6.19. The third-order valence-electron chi connectivity index (χ3n) is 4.39. The highest BCUT2D eigenvalue weighted by atomic mass is 32.2. The van der Waals surface area contributed by atoms with Gasteiger partial charge in [-0.05, 0) is 30.4 Å². The van der Waals surface area contributed by atoms with Gasteiger partial charge in [0.15, 0.2) is 0 Å². The average Bonchev–Trinajstić information content (AvgIpc) is 3.06. The van der Waals surface area contributed by atoms with Crippen LogP contribution in [0.15, 0.2) is 6.20 Å². The lowest BCUT2D eigenvalue weighted by Crippen LogP contribution is -2.47. The molecule has 2 aliphatic rings. The number of nitrogens with one attached hydrogen (secondary N) is 1. The van der Waals surface area contributed by atoms with Gasteiger partial charge in [0.2, 0.25) is 0 Å². The van der Waals surface area contributed by atoms with E-state index in [4.69, 9.17) is 4.74 Å². The summed E-state index contributed by atoms with van der Waals surface area (Å²) in [5.41, 5.74) is 0.375. The van der Waals surface area contributed by atoms with E-state index in [2.05, 4.69) is 31.1 Å². The Hall–Kier alpha value is -0.100. The molecule has 0 amide bonds. The van der Waals surface area contributed by atoms with Crippen LogP contribution in [0.3, 0.4) is 0 Å². The average molecular weight is 327 g/mol. The number of aromatic nitrogens is 1. The standard InChI is InChI=1S/C16H26N2OS2/c1-15(2,3)13-9-18-14(21-13)10-17-12-4-6-19-16(8-12)5-7-20-11-16/h9,12,17H,4-8,10-11H2,1-3H3/t12-,16-/m0/s1. The Labute approximate surface area is 136 Å². The molecule has 2 atom stereocenters. The van der Waals surface area contributed by atoms with Crippen LogP contribution >= 0.6 is 23.1 Å². The summed E-state index contributed by atoms with van der Waals surface area (Å²) in [6.45, 7) is 8.55. The Kier molecular flexibility index (Phi) is 4.65. The summed E-state index contributed by atoms with van der Waals surface area (Å²) in [5.74, 6) is 2.44. The van der Waals surface area contributed by atoms with E-state index in [1.54, 1.807) is 0 Å². The van der Waals surface area contributed by atoms with Crippen molar-refractivity contribution in [2.75, 3.05) is 18.1 Å². The number of hydrogen-bond acceptors (Lipinski definition) is 5. The van der Waals surface area contributed by atoms with Gasteiger partial charge >= 0.3 is 0 Å². The Bertz CT molecular complexity index is 475. The Morgan fingerprint density at radius 1 is 1.48 bits per heavy atom. The Morgan fingerprint density at radius 3 is 3.00 bits per heavy atom. The zero-order valence-corrected chi connectivity index (χ0v) is 14.9. The number of rotatable bonds is 3. The van der Waals surface area contributed by atoms with Gasteiger partial charge in [0.25, 0.3) is 0 Å². The Morgan fingerprint density at radius 2 is 2.33 bits per heavy atom. The maximum absolute atomic E-state index is 6.08. The summed E-state index contributed by atoms with van der Waals surface area (Å²) in [6.07, 6.45) is 5.56. The molecule has 1 spiro atoms. The lowest BCUT2D eigenvalue weighted by Gasteiger charge is -2.38. The van der Waals surface area contributed by atoms with Gasteiger partial charge in [-0.1, -0.05) is 20.8 Å². The maximum atomic E-state index is 6.08. The molecule has 2 saturated heterocycles. The first-order valence-electron chi connectivity index (χ1n) is 7.87. The van der Waals surface area contributed by atoms with E-state index in [-0.39, 0.29) is 11.0 Å². The highest BCUT2D eigenvalue weighted by Gasteiger charge is 2.40. The molecule has 1 N–H and O–H groups in total. The van der Waals surface area contributed by atoms with Gasteiger partial charge in [-0.2, -0.15) is 11.8 Å². The van der Waals surface area contributed by atoms with Crippen molar-refractivity contribution in [1.29, 1.82) is 0 Å². The molecule has 2 fully saturated rings. The second-order valence-electron chi connectivity index (χ2n) is 7.27. The summed E-state index contributed by atoms with van der Waals surface area (Å²) in [4.78, 5) is 5.95. The van der Waals surface area contributed by atoms with E-state index in [1.807, 2.05) is 29.3 Å². The predicted molar refractivity (Wildman–Crippen MR) is 91.3 cm³/mol. The van der Waals surface area contributed by atoms with Crippen molar-refractivity contribution in [2.24, 2.45) is 0 Å². The van der Waals surface area contributed by atoms with Gasteiger partial charge < -0.3 is 10.1 Å². The molecule has 21 heavy (non-hydrogen) atoms. The molecule has 1 aromatic rings. The lowest BCUT2D eigenvalue weighted by molar-refractivity contribution is -0.0703. The molecule has 3 heterocycles. The summed E-state index contributed by atoms with van der Waals surface area (Å²) >= 11 is 3.88. The molecule has 0 unspecified atom stereocenters. The minimum Gasteiger partial charge on any atom is -0.374 e. The number of ether oxygens (including phenoxy) is 1. The third-order valence-corrected chi connectivity index (χ3v) is 7.04. The fourth-order valence-electron chi connectivity index (χ4n) is 3.04. The SMILES string of the molecule is CC(C)(C)c1cnc(CN[C@H]2CCO[C@@]3(CCSC3)C2)s1. The topological polar surface area (TPSA) is 34.2 Å². The largest absolute Gasteiger partial charge is 0.374 e. The van der Waals surface area contributed by atoms with Crippen molar-refractivity contribution in [3.8, 4) is 0 Å². The van der Waals surface area contributed by atoms with Crippen LogP contribution in [0.2, 0.25) is 0 Å². The molecule has 0 bridgehead atoms. The van der Waals surface area contributed by atoms with E-state index in [1.165, 1.54) is 27.8 Å². The zero-order valence-electron chi connectivity index (χ0n) is 13.3. The molecule has 1 aromatic heterocycles. The number of thiazole rings is 1. The summed E-state index contributed by atoms with van der Waals surface area (Å²) in [5, 5.41) is 4.92. The summed E-state index contributed by atoms with van der Waals surface area (Å²) < 4.78 is 6.08. The van der Waals surface area contributed by atoms with Crippen molar-refractivity contribution in [3.63, 3.8) is 0 Å². The van der Waals surface area contributed by atoms with Crippen molar-refractivity contribution < 1.29 is 4.74 Å². The molecule has 3 nitrogen and oxygen atoms in total. The van der Waals surface area contributed by atoms with Crippen LogP contribution in [-0.2, 0) is 16.7 Å². The first-order valence-corrected chi connectivity index (χ1v) is 9.84. The van der Waals surface area contributed by atoms with E-state index in [0.717, 1.165) is 26.0 Å². The van der Waals surface area contributed by atoms with E-state index < -0.39 is 0 Å². The first kappa shape index (κ1) is 15.8. The molecule has 118 valence electrons. The Balaban J connectivity index is 1.54. The molecule has 0 radical (unpaired) electrons. The van der Waals surface area contributed by atoms with Crippen LogP contribution in [0.4, 0.5) is 0 Å².